The number of rotatable bonds is 3. The summed E-state index contributed by atoms with van der Waals surface area (Å²) in [4.78, 5) is 26.8. The van der Waals surface area contributed by atoms with Gasteiger partial charge in [0.1, 0.15) is 16.5 Å². The highest BCUT2D eigenvalue weighted by Crippen LogP contribution is 2.21. The number of anilines is 1. The molecule has 104 valence electrons. The van der Waals surface area contributed by atoms with Gasteiger partial charge in [-0.2, -0.15) is 0 Å². The maximum Gasteiger partial charge on any atom is 0.338 e. The summed E-state index contributed by atoms with van der Waals surface area (Å²) in [5, 5.41) is 11.0. The van der Waals surface area contributed by atoms with E-state index in [9.17, 15) is 18.4 Å². The van der Waals surface area contributed by atoms with Crippen LogP contribution in [-0.4, -0.2) is 22.0 Å². The highest BCUT2D eigenvalue weighted by Gasteiger charge is 2.18. The molecule has 0 aliphatic carbocycles. The smallest absolute Gasteiger partial charge is 0.338 e. The summed E-state index contributed by atoms with van der Waals surface area (Å²) in [6, 6.07) is 1.15. The average molecular weight is 298 g/mol. The maximum atomic E-state index is 13.5. The quantitative estimate of drug-likeness (QED) is 0.913. The molecule has 0 saturated carbocycles. The van der Waals surface area contributed by atoms with Crippen LogP contribution in [0.15, 0.2) is 17.6 Å². The maximum absolute atomic E-state index is 13.5. The number of hydrogen-bond acceptors (Lipinski definition) is 4. The minimum Gasteiger partial charge on any atom is -0.478 e. The molecule has 2 rings (SSSR count). The lowest BCUT2D eigenvalue weighted by Crippen LogP contribution is -2.14. The second-order valence-corrected chi connectivity index (χ2v) is 4.69. The Labute approximate surface area is 115 Å². The number of aromatic nitrogens is 1. The topological polar surface area (TPSA) is 79.3 Å². The van der Waals surface area contributed by atoms with E-state index < -0.39 is 34.8 Å². The van der Waals surface area contributed by atoms with Crippen molar-refractivity contribution in [2.45, 2.75) is 6.92 Å². The molecule has 1 aromatic heterocycles. The van der Waals surface area contributed by atoms with E-state index in [1.54, 1.807) is 6.92 Å². The van der Waals surface area contributed by atoms with E-state index in [-0.39, 0.29) is 4.88 Å². The fourth-order valence-electron chi connectivity index (χ4n) is 1.51. The van der Waals surface area contributed by atoms with Crippen molar-refractivity contribution in [1.29, 1.82) is 0 Å². The number of halogens is 2. The van der Waals surface area contributed by atoms with Crippen molar-refractivity contribution in [2.24, 2.45) is 0 Å². The van der Waals surface area contributed by atoms with Crippen molar-refractivity contribution in [3.8, 4) is 0 Å². The number of benzene rings is 1. The predicted octanol–water partition coefficient (Wildman–Crippen LogP) is 2.68. The normalized spacial score (nSPS) is 10.3. The van der Waals surface area contributed by atoms with Gasteiger partial charge in [0.25, 0.3) is 5.91 Å². The van der Waals surface area contributed by atoms with Crippen LogP contribution < -0.4 is 5.32 Å². The lowest BCUT2D eigenvalue weighted by molar-refractivity contribution is 0.0691. The van der Waals surface area contributed by atoms with Gasteiger partial charge in [0.15, 0.2) is 0 Å². The summed E-state index contributed by atoms with van der Waals surface area (Å²) in [5.74, 6) is -4.44. The van der Waals surface area contributed by atoms with E-state index in [1.165, 1.54) is 5.51 Å². The van der Waals surface area contributed by atoms with Crippen LogP contribution in [0.3, 0.4) is 0 Å². The fourth-order valence-corrected chi connectivity index (χ4v) is 2.21. The van der Waals surface area contributed by atoms with Crippen LogP contribution in [0, 0.1) is 18.6 Å². The molecule has 8 heteroatoms. The van der Waals surface area contributed by atoms with Crippen molar-refractivity contribution < 1.29 is 23.5 Å². The number of carbonyl (C=O) groups excluding carboxylic acids is 1. The third-order valence-electron chi connectivity index (χ3n) is 2.49. The average Bonchev–Trinajstić information content (AvgIpc) is 2.78. The lowest BCUT2D eigenvalue weighted by atomic mass is 10.1. The molecule has 1 aromatic carbocycles. The Morgan fingerprint density at radius 2 is 2.00 bits per heavy atom. The molecule has 0 unspecified atom stereocenters. The van der Waals surface area contributed by atoms with Crippen LogP contribution in [0.5, 0.6) is 0 Å². The van der Waals surface area contributed by atoms with E-state index in [0.29, 0.717) is 11.8 Å². The summed E-state index contributed by atoms with van der Waals surface area (Å²) < 4.78 is 26.8. The van der Waals surface area contributed by atoms with Crippen molar-refractivity contribution in [1.82, 2.24) is 4.98 Å². The van der Waals surface area contributed by atoms with Gasteiger partial charge in [-0.3, -0.25) is 4.79 Å². The molecule has 0 fully saturated rings. The molecule has 5 nitrogen and oxygen atoms in total. The summed E-state index contributed by atoms with van der Waals surface area (Å²) in [7, 11) is 0. The SMILES string of the molecule is Cc1ncsc1C(=O)Nc1cc(C(=O)O)c(F)cc1F. The summed E-state index contributed by atoms with van der Waals surface area (Å²) in [5.41, 5.74) is 0.798. The number of aromatic carboxylic acids is 1. The van der Waals surface area contributed by atoms with Gasteiger partial charge in [0, 0.05) is 6.07 Å². The lowest BCUT2D eigenvalue weighted by Gasteiger charge is -2.07. The summed E-state index contributed by atoms with van der Waals surface area (Å²) >= 11 is 1.06. The number of hydrogen-bond donors (Lipinski definition) is 2. The van der Waals surface area contributed by atoms with Gasteiger partial charge in [-0.15, -0.1) is 11.3 Å². The van der Waals surface area contributed by atoms with Gasteiger partial charge in [-0.05, 0) is 13.0 Å². The van der Waals surface area contributed by atoms with Gasteiger partial charge in [-0.25, -0.2) is 18.6 Å². The second kappa shape index (κ2) is 5.33. The number of carboxylic acids is 1. The number of carboxylic acid groups (broad SMARTS) is 1. The van der Waals surface area contributed by atoms with Gasteiger partial charge in [0.2, 0.25) is 0 Å². The molecule has 0 atom stereocenters. The highest BCUT2D eigenvalue weighted by molar-refractivity contribution is 7.12. The van der Waals surface area contributed by atoms with E-state index in [1.807, 2.05) is 0 Å². The Hall–Kier alpha value is -2.35. The van der Waals surface area contributed by atoms with Crippen molar-refractivity contribution >= 4 is 28.9 Å². The fraction of sp³-hybridized carbons (Fsp3) is 0.0833. The monoisotopic (exact) mass is 298 g/mol. The number of thiazole rings is 1. The molecular weight excluding hydrogens is 290 g/mol. The first-order valence-electron chi connectivity index (χ1n) is 5.34. The minimum absolute atomic E-state index is 0.269. The van der Waals surface area contributed by atoms with E-state index in [0.717, 1.165) is 17.4 Å². The number of nitrogens with one attached hydrogen (secondary N) is 1. The molecule has 0 saturated heterocycles. The van der Waals surface area contributed by atoms with Crippen LogP contribution >= 0.6 is 11.3 Å². The van der Waals surface area contributed by atoms with Crippen molar-refractivity contribution in [3.63, 3.8) is 0 Å². The van der Waals surface area contributed by atoms with Crippen LogP contribution in [0.25, 0.3) is 0 Å². The Kier molecular flexibility index (Phi) is 3.75. The van der Waals surface area contributed by atoms with Crippen LogP contribution in [0.1, 0.15) is 25.7 Å². The Morgan fingerprint density at radius 1 is 1.30 bits per heavy atom. The summed E-state index contributed by atoms with van der Waals surface area (Å²) in [6.45, 7) is 1.61. The molecule has 0 spiro atoms. The number of aryl methyl sites for hydroxylation is 1. The van der Waals surface area contributed by atoms with Crippen molar-refractivity contribution in [2.75, 3.05) is 5.32 Å². The van der Waals surface area contributed by atoms with Gasteiger partial charge in [0.05, 0.1) is 22.5 Å². The summed E-state index contributed by atoms with van der Waals surface area (Å²) in [6.07, 6.45) is 0. The number of amides is 1. The number of carbonyl (C=O) groups is 2. The molecule has 2 N–H and O–H groups in total. The molecule has 0 radical (unpaired) electrons. The molecule has 0 aliphatic rings. The zero-order chi connectivity index (χ0) is 14.9. The molecule has 1 amide bonds. The third-order valence-corrected chi connectivity index (χ3v) is 3.41. The Bertz CT molecular complexity index is 700. The first kappa shape index (κ1) is 14.1. The van der Waals surface area contributed by atoms with Gasteiger partial charge in [-0.1, -0.05) is 0 Å². The van der Waals surface area contributed by atoms with E-state index in [2.05, 4.69) is 10.3 Å². The van der Waals surface area contributed by atoms with Crippen LogP contribution in [-0.2, 0) is 0 Å². The zero-order valence-electron chi connectivity index (χ0n) is 10.1. The van der Waals surface area contributed by atoms with E-state index in [4.69, 9.17) is 5.11 Å². The molecule has 0 bridgehead atoms. The largest absolute Gasteiger partial charge is 0.478 e. The molecule has 2 aromatic rings. The minimum atomic E-state index is -1.55. The van der Waals surface area contributed by atoms with Crippen molar-refractivity contribution in [3.05, 3.63) is 45.4 Å². The van der Waals surface area contributed by atoms with E-state index >= 15 is 0 Å². The second-order valence-electron chi connectivity index (χ2n) is 3.84. The molecule has 0 aliphatic heterocycles. The Balaban J connectivity index is 2.34. The predicted molar refractivity (Wildman–Crippen MR) is 68.1 cm³/mol. The first-order chi connectivity index (χ1) is 9.40. The molecule has 20 heavy (non-hydrogen) atoms. The first-order valence-corrected chi connectivity index (χ1v) is 6.22. The molecule has 1 heterocycles. The third kappa shape index (κ3) is 2.64. The van der Waals surface area contributed by atoms with Gasteiger partial charge < -0.3 is 10.4 Å². The molecular formula is C12H8F2N2O3S. The van der Waals surface area contributed by atoms with Crippen LogP contribution in [0.4, 0.5) is 14.5 Å². The standard InChI is InChI=1S/C12H8F2N2O3S/c1-5-10(20-4-15-5)11(17)16-9-2-6(12(18)19)7(13)3-8(9)14/h2-4H,1H3,(H,16,17)(H,18,19). The Morgan fingerprint density at radius 3 is 2.55 bits per heavy atom. The van der Waals surface area contributed by atoms with Crippen LogP contribution in [0.2, 0.25) is 0 Å². The number of nitrogens with zero attached hydrogens (tertiary/aromatic N) is 1. The zero-order valence-corrected chi connectivity index (χ0v) is 10.9. The highest BCUT2D eigenvalue weighted by atomic mass is 32.1. The van der Waals surface area contributed by atoms with Gasteiger partial charge >= 0.3 is 5.97 Å².